The van der Waals surface area contributed by atoms with E-state index in [-0.39, 0.29) is 32.4 Å². The lowest BCUT2D eigenvalue weighted by molar-refractivity contribution is -0.153. The normalized spacial score (nSPS) is 22.2. The second-order valence-electron chi connectivity index (χ2n) is 11.3. The highest BCUT2D eigenvalue weighted by Crippen LogP contribution is 2.42. The van der Waals surface area contributed by atoms with E-state index in [0.29, 0.717) is 35.7 Å². The molecule has 250 valence electrons. The number of ether oxygens (including phenoxy) is 3. The van der Waals surface area contributed by atoms with E-state index in [0.717, 1.165) is 0 Å². The first-order valence-electron chi connectivity index (χ1n) is 14.6. The number of rotatable bonds is 13. The molecule has 1 aromatic carbocycles. The Morgan fingerprint density at radius 1 is 0.956 bits per heavy atom. The Labute approximate surface area is 260 Å². The summed E-state index contributed by atoms with van der Waals surface area (Å²) in [6, 6.07) is -0.751. The predicted octanol–water partition coefficient (Wildman–Crippen LogP) is -1.02. The average Bonchev–Trinajstić information content (AvgIpc) is 3.65. The minimum absolute atomic E-state index is 0.0793. The van der Waals surface area contributed by atoms with Gasteiger partial charge in [0, 0.05) is 19.5 Å². The average molecular weight is 638 g/mol. The summed E-state index contributed by atoms with van der Waals surface area (Å²) in [7, 11) is 4.30. The number of hydrogen-bond acceptors (Lipinski definition) is 10. The van der Waals surface area contributed by atoms with E-state index in [4.69, 9.17) is 19.9 Å². The Kier molecular flexibility index (Phi) is 11.4. The minimum Gasteiger partial charge on any atom is -0.493 e. The van der Waals surface area contributed by atoms with Crippen molar-refractivity contribution in [1.82, 2.24) is 20.4 Å². The highest BCUT2D eigenvalue weighted by Gasteiger charge is 2.53. The molecular formula is C29H43N5O11. The van der Waals surface area contributed by atoms with Crippen molar-refractivity contribution in [2.75, 3.05) is 34.4 Å². The third-order valence-electron chi connectivity index (χ3n) is 8.32. The zero-order valence-corrected chi connectivity index (χ0v) is 26.1. The van der Waals surface area contributed by atoms with Gasteiger partial charge in [0.2, 0.25) is 29.4 Å². The molecule has 7 N–H and O–H groups in total. The van der Waals surface area contributed by atoms with Gasteiger partial charge >= 0.3 is 6.09 Å². The highest BCUT2D eigenvalue weighted by molar-refractivity contribution is 5.98. The van der Waals surface area contributed by atoms with Crippen molar-refractivity contribution in [3.63, 3.8) is 0 Å². The van der Waals surface area contributed by atoms with E-state index < -0.39 is 65.6 Å². The Morgan fingerprint density at radius 2 is 1.56 bits per heavy atom. The molecule has 45 heavy (non-hydrogen) atoms. The van der Waals surface area contributed by atoms with Crippen molar-refractivity contribution in [2.45, 2.75) is 81.8 Å². The van der Waals surface area contributed by atoms with Gasteiger partial charge in [-0.25, -0.2) is 4.79 Å². The number of carbonyl (C=O) groups is 5. The lowest BCUT2D eigenvalue weighted by atomic mass is 9.85. The Hall–Kier alpha value is -4.31. The predicted molar refractivity (Wildman–Crippen MR) is 158 cm³/mol. The van der Waals surface area contributed by atoms with Crippen molar-refractivity contribution >= 4 is 29.7 Å². The van der Waals surface area contributed by atoms with Crippen molar-refractivity contribution in [3.8, 4) is 17.2 Å². The largest absolute Gasteiger partial charge is 0.493 e. The highest BCUT2D eigenvalue weighted by atomic mass is 16.5. The lowest BCUT2D eigenvalue weighted by Gasteiger charge is -2.41. The van der Waals surface area contributed by atoms with Crippen molar-refractivity contribution < 1.29 is 53.5 Å². The molecule has 2 heterocycles. The zero-order valence-electron chi connectivity index (χ0n) is 26.1. The van der Waals surface area contributed by atoms with Gasteiger partial charge in [-0.1, -0.05) is 0 Å². The van der Waals surface area contributed by atoms with Crippen molar-refractivity contribution in [1.29, 1.82) is 0 Å². The number of aliphatic hydroxyl groups is 2. The van der Waals surface area contributed by atoms with Gasteiger partial charge in [0.1, 0.15) is 23.7 Å². The van der Waals surface area contributed by atoms with Crippen LogP contribution in [0.1, 0.15) is 45.1 Å². The number of carboxylic acid groups (broad SMARTS) is 1. The fraction of sp³-hybridized carbons (Fsp3) is 0.621. The molecule has 16 heteroatoms. The van der Waals surface area contributed by atoms with Gasteiger partial charge in [-0.2, -0.15) is 0 Å². The van der Waals surface area contributed by atoms with E-state index >= 15 is 0 Å². The van der Waals surface area contributed by atoms with E-state index in [1.54, 1.807) is 12.1 Å². The number of nitrogens with two attached hydrogens (primary N) is 1. The molecule has 1 unspecified atom stereocenters. The molecule has 0 spiro atoms. The van der Waals surface area contributed by atoms with Gasteiger partial charge in [-0.05, 0) is 57.2 Å². The third kappa shape index (κ3) is 7.33. The van der Waals surface area contributed by atoms with Gasteiger partial charge in [0.05, 0.1) is 33.5 Å². The Balaban J connectivity index is 2.08. The van der Waals surface area contributed by atoms with E-state index in [2.05, 4.69) is 5.32 Å². The van der Waals surface area contributed by atoms with E-state index in [1.165, 1.54) is 45.0 Å². The standard InChI is InChI=1S/C29H43N5O11/c1-15(35)21(24(30)37)31-27(40)29(14-17-12-19(43-3)23(45-5)20(13-17)44-4)9-7-11-34(29)25(38)18-8-6-10-33(18)26(39)22(16(2)36)32-28(41)42/h12-13,15-16,18,21-22,32,35-36H,6-11,14H2,1-5H3,(H2,30,37)(H,31,40)(H,41,42)/t15-,16-,18+,21+,22+,29?/m1/s1. The molecule has 2 aliphatic heterocycles. The van der Waals surface area contributed by atoms with Crippen LogP contribution in [0.15, 0.2) is 12.1 Å². The number of methoxy groups -OCH3 is 3. The van der Waals surface area contributed by atoms with Crippen LogP contribution in [0.3, 0.4) is 0 Å². The molecule has 0 aliphatic carbocycles. The summed E-state index contributed by atoms with van der Waals surface area (Å²) in [5, 5.41) is 34.1. The molecule has 0 radical (unpaired) electrons. The smallest absolute Gasteiger partial charge is 0.405 e. The fourth-order valence-corrected chi connectivity index (χ4v) is 6.15. The van der Waals surface area contributed by atoms with Gasteiger partial charge < -0.3 is 55.7 Å². The minimum atomic E-state index is -1.61. The topological polar surface area (TPSA) is 230 Å². The fourth-order valence-electron chi connectivity index (χ4n) is 6.15. The number of likely N-dealkylation sites (tertiary alicyclic amines) is 2. The van der Waals surface area contributed by atoms with E-state index in [1.807, 2.05) is 5.32 Å². The number of amides is 5. The first-order chi connectivity index (χ1) is 21.2. The summed E-state index contributed by atoms with van der Waals surface area (Å²) in [6.45, 7) is 2.81. The molecule has 6 atom stereocenters. The second-order valence-corrected chi connectivity index (χ2v) is 11.3. The van der Waals surface area contributed by atoms with Crippen LogP contribution in [0.25, 0.3) is 0 Å². The number of primary amides is 1. The summed E-state index contributed by atoms with van der Waals surface area (Å²) in [5.74, 6) is -2.12. The number of nitrogens with zero attached hydrogens (tertiary/aromatic N) is 2. The molecule has 2 fully saturated rings. The number of hydrogen-bond donors (Lipinski definition) is 6. The second kappa shape index (κ2) is 14.6. The molecule has 2 saturated heterocycles. The van der Waals surface area contributed by atoms with Crippen molar-refractivity contribution in [2.24, 2.45) is 5.73 Å². The molecule has 5 amide bonds. The van der Waals surface area contributed by atoms with Crippen LogP contribution in [0.5, 0.6) is 17.2 Å². The Bertz CT molecular complexity index is 1260. The maximum absolute atomic E-state index is 14.3. The molecule has 1 aromatic rings. The summed E-state index contributed by atoms with van der Waals surface area (Å²) >= 11 is 0. The number of aliphatic hydroxyl groups excluding tert-OH is 2. The van der Waals surface area contributed by atoms with Crippen LogP contribution in [-0.2, 0) is 25.6 Å². The third-order valence-corrected chi connectivity index (χ3v) is 8.32. The summed E-state index contributed by atoms with van der Waals surface area (Å²) in [4.78, 5) is 68.0. The first-order valence-corrected chi connectivity index (χ1v) is 14.6. The van der Waals surface area contributed by atoms with Crippen LogP contribution in [0.2, 0.25) is 0 Å². The van der Waals surface area contributed by atoms with Gasteiger partial charge in [-0.15, -0.1) is 0 Å². The summed E-state index contributed by atoms with van der Waals surface area (Å²) < 4.78 is 16.4. The molecule has 16 nitrogen and oxygen atoms in total. The zero-order chi connectivity index (χ0) is 33.6. The van der Waals surface area contributed by atoms with Crippen LogP contribution in [0, 0.1) is 0 Å². The maximum atomic E-state index is 14.3. The van der Waals surface area contributed by atoms with E-state index in [9.17, 15) is 39.3 Å². The first kappa shape index (κ1) is 35.2. The molecule has 2 aliphatic rings. The van der Waals surface area contributed by atoms with Crippen LogP contribution in [-0.4, -0.2) is 125 Å². The van der Waals surface area contributed by atoms with Crippen LogP contribution >= 0.6 is 0 Å². The molecule has 0 aromatic heterocycles. The molecule has 3 rings (SSSR count). The Morgan fingerprint density at radius 3 is 2.04 bits per heavy atom. The summed E-state index contributed by atoms with van der Waals surface area (Å²) in [6.07, 6.45) is -3.11. The summed E-state index contributed by atoms with van der Waals surface area (Å²) in [5.41, 5.74) is 4.38. The van der Waals surface area contributed by atoms with Crippen LogP contribution in [0.4, 0.5) is 4.79 Å². The number of benzene rings is 1. The van der Waals surface area contributed by atoms with Crippen LogP contribution < -0.4 is 30.6 Å². The number of carbonyl (C=O) groups excluding carboxylic acids is 4. The van der Waals surface area contributed by atoms with Gasteiger partial charge in [0.25, 0.3) is 0 Å². The monoisotopic (exact) mass is 637 g/mol. The SMILES string of the molecule is COc1cc(CC2(C(=O)N[C@H](C(N)=O)[C@@H](C)O)CCCN2C(=O)[C@@H]2CCCN2C(=O)[C@@H](NC(=O)O)[C@@H](C)O)cc(OC)c1OC. The molecular weight excluding hydrogens is 594 g/mol. The lowest BCUT2D eigenvalue weighted by Crippen LogP contribution is -2.65. The molecule has 0 bridgehead atoms. The quantitative estimate of drug-likeness (QED) is 0.153. The van der Waals surface area contributed by atoms with Crippen molar-refractivity contribution in [3.05, 3.63) is 17.7 Å². The van der Waals surface area contributed by atoms with Gasteiger partial charge in [0.15, 0.2) is 11.5 Å². The molecule has 0 saturated carbocycles. The number of nitrogens with one attached hydrogen (secondary N) is 2. The van der Waals surface area contributed by atoms with Gasteiger partial charge in [-0.3, -0.25) is 19.2 Å². The maximum Gasteiger partial charge on any atom is 0.405 e.